The number of hydrogen-bond donors (Lipinski definition) is 1. The van der Waals surface area contributed by atoms with Crippen molar-refractivity contribution in [2.75, 3.05) is 47.5 Å². The standard InChI is InChI=1S/C21H35N3O2/c1-6-7-12-24(4)20(22-3)23-16-21(10-13-26-14-11-21)18-15-17(2)8-9-19(18)25-5/h8-9,15H,6-7,10-14,16H2,1-5H3,(H,22,23). The molecule has 1 fully saturated rings. The Hall–Kier alpha value is -1.75. The Morgan fingerprint density at radius 3 is 2.69 bits per heavy atom. The maximum absolute atomic E-state index is 5.70. The number of methoxy groups -OCH3 is 1. The zero-order valence-electron chi connectivity index (χ0n) is 17.1. The Bertz CT molecular complexity index is 595. The highest BCUT2D eigenvalue weighted by Crippen LogP contribution is 2.40. The number of nitrogens with zero attached hydrogens (tertiary/aromatic N) is 2. The van der Waals surface area contributed by atoms with Crippen molar-refractivity contribution in [1.82, 2.24) is 10.2 Å². The summed E-state index contributed by atoms with van der Waals surface area (Å²) in [6, 6.07) is 6.47. The number of ether oxygens (including phenoxy) is 2. The Labute approximate surface area is 158 Å². The lowest BCUT2D eigenvalue weighted by Crippen LogP contribution is -2.48. The Kier molecular flexibility index (Phi) is 7.76. The highest BCUT2D eigenvalue weighted by molar-refractivity contribution is 5.79. The second kappa shape index (κ2) is 9.81. The van der Waals surface area contributed by atoms with Crippen LogP contribution < -0.4 is 10.1 Å². The minimum Gasteiger partial charge on any atom is -0.496 e. The van der Waals surface area contributed by atoms with Crippen molar-refractivity contribution in [3.8, 4) is 5.75 Å². The summed E-state index contributed by atoms with van der Waals surface area (Å²) in [5.74, 6) is 1.92. The highest BCUT2D eigenvalue weighted by atomic mass is 16.5. The molecular weight excluding hydrogens is 326 g/mol. The molecule has 1 N–H and O–H groups in total. The van der Waals surface area contributed by atoms with Crippen LogP contribution in [-0.2, 0) is 10.2 Å². The molecular formula is C21H35N3O2. The molecule has 0 bridgehead atoms. The monoisotopic (exact) mass is 361 g/mol. The van der Waals surface area contributed by atoms with Gasteiger partial charge in [0.25, 0.3) is 0 Å². The molecule has 0 spiro atoms. The molecule has 5 nitrogen and oxygen atoms in total. The average molecular weight is 362 g/mol. The molecule has 0 saturated carbocycles. The van der Waals surface area contributed by atoms with E-state index in [1.807, 2.05) is 7.05 Å². The van der Waals surface area contributed by atoms with E-state index in [1.54, 1.807) is 7.11 Å². The number of aliphatic imine (C=N–C) groups is 1. The molecule has 1 aromatic carbocycles. The number of unbranched alkanes of at least 4 members (excludes halogenated alkanes) is 1. The first-order valence-corrected chi connectivity index (χ1v) is 9.71. The zero-order valence-corrected chi connectivity index (χ0v) is 17.1. The van der Waals surface area contributed by atoms with Gasteiger partial charge in [-0.3, -0.25) is 4.99 Å². The second-order valence-corrected chi connectivity index (χ2v) is 7.27. The normalized spacial score (nSPS) is 17.0. The molecule has 0 aliphatic carbocycles. The minimum absolute atomic E-state index is 0.00283. The summed E-state index contributed by atoms with van der Waals surface area (Å²) in [4.78, 5) is 6.69. The van der Waals surface area contributed by atoms with Crippen LogP contribution in [0.5, 0.6) is 5.75 Å². The van der Waals surface area contributed by atoms with Gasteiger partial charge >= 0.3 is 0 Å². The van der Waals surface area contributed by atoms with E-state index in [2.05, 4.69) is 54.3 Å². The Balaban J connectivity index is 2.23. The fraction of sp³-hybridized carbons (Fsp3) is 0.667. The average Bonchev–Trinajstić information content (AvgIpc) is 2.67. The van der Waals surface area contributed by atoms with E-state index in [-0.39, 0.29) is 5.41 Å². The number of rotatable bonds is 7. The van der Waals surface area contributed by atoms with Crippen molar-refractivity contribution in [2.45, 2.75) is 44.9 Å². The van der Waals surface area contributed by atoms with E-state index in [0.717, 1.165) is 50.9 Å². The van der Waals surface area contributed by atoms with Crippen molar-refractivity contribution in [1.29, 1.82) is 0 Å². The molecule has 5 heteroatoms. The highest BCUT2D eigenvalue weighted by Gasteiger charge is 2.37. The quantitative estimate of drug-likeness (QED) is 0.597. The minimum atomic E-state index is -0.00283. The molecule has 2 rings (SSSR count). The van der Waals surface area contributed by atoms with E-state index in [0.29, 0.717) is 0 Å². The second-order valence-electron chi connectivity index (χ2n) is 7.27. The molecule has 0 unspecified atom stereocenters. The van der Waals surface area contributed by atoms with Crippen molar-refractivity contribution >= 4 is 5.96 Å². The van der Waals surface area contributed by atoms with E-state index >= 15 is 0 Å². The summed E-state index contributed by atoms with van der Waals surface area (Å²) in [7, 11) is 5.72. The fourth-order valence-electron chi connectivity index (χ4n) is 3.67. The van der Waals surface area contributed by atoms with Crippen LogP contribution in [0.1, 0.15) is 43.7 Å². The number of guanidine groups is 1. The van der Waals surface area contributed by atoms with Gasteiger partial charge in [-0.2, -0.15) is 0 Å². The van der Waals surface area contributed by atoms with Crippen molar-refractivity contribution in [2.24, 2.45) is 4.99 Å². The van der Waals surface area contributed by atoms with E-state index in [4.69, 9.17) is 9.47 Å². The van der Waals surface area contributed by atoms with Gasteiger partial charge in [0.1, 0.15) is 5.75 Å². The molecule has 0 amide bonds. The third-order valence-electron chi connectivity index (χ3n) is 5.38. The molecule has 1 saturated heterocycles. The predicted octanol–water partition coefficient (Wildman–Crippen LogP) is 3.36. The first-order chi connectivity index (χ1) is 12.6. The molecule has 0 radical (unpaired) electrons. The van der Waals surface area contributed by atoms with Gasteiger partial charge in [0.15, 0.2) is 5.96 Å². The third-order valence-corrected chi connectivity index (χ3v) is 5.38. The molecule has 1 aliphatic rings. The topological polar surface area (TPSA) is 46.1 Å². The van der Waals surface area contributed by atoms with Gasteiger partial charge in [-0.05, 0) is 32.3 Å². The number of nitrogens with one attached hydrogen (secondary N) is 1. The maximum atomic E-state index is 5.70. The van der Waals surface area contributed by atoms with Crippen molar-refractivity contribution in [3.63, 3.8) is 0 Å². The summed E-state index contributed by atoms with van der Waals surface area (Å²) in [5.41, 5.74) is 2.54. The van der Waals surface area contributed by atoms with Crippen LogP contribution in [0.3, 0.4) is 0 Å². The molecule has 0 atom stereocenters. The zero-order chi connectivity index (χ0) is 19.0. The first-order valence-electron chi connectivity index (χ1n) is 9.71. The largest absolute Gasteiger partial charge is 0.496 e. The van der Waals surface area contributed by atoms with Crippen LogP contribution >= 0.6 is 0 Å². The number of aryl methyl sites for hydroxylation is 1. The molecule has 1 aromatic rings. The van der Waals surface area contributed by atoms with Gasteiger partial charge < -0.3 is 19.7 Å². The Morgan fingerprint density at radius 1 is 1.35 bits per heavy atom. The van der Waals surface area contributed by atoms with Gasteiger partial charge in [-0.1, -0.05) is 31.0 Å². The number of benzene rings is 1. The first kappa shape index (κ1) is 20.6. The predicted molar refractivity (Wildman–Crippen MR) is 108 cm³/mol. The summed E-state index contributed by atoms with van der Waals surface area (Å²) in [5, 5.41) is 3.62. The summed E-state index contributed by atoms with van der Waals surface area (Å²) >= 11 is 0. The van der Waals surface area contributed by atoms with Crippen LogP contribution in [0, 0.1) is 6.92 Å². The van der Waals surface area contributed by atoms with Crippen LogP contribution in [-0.4, -0.2) is 58.4 Å². The van der Waals surface area contributed by atoms with Crippen LogP contribution in [0.2, 0.25) is 0 Å². The van der Waals surface area contributed by atoms with Gasteiger partial charge in [-0.25, -0.2) is 0 Å². The van der Waals surface area contributed by atoms with Crippen LogP contribution in [0.15, 0.2) is 23.2 Å². The lowest BCUT2D eigenvalue weighted by molar-refractivity contribution is 0.0503. The van der Waals surface area contributed by atoms with Gasteiger partial charge in [0.2, 0.25) is 0 Å². The summed E-state index contributed by atoms with van der Waals surface area (Å²) < 4.78 is 11.4. The molecule has 146 valence electrons. The molecule has 1 heterocycles. The van der Waals surface area contributed by atoms with Gasteiger partial charge in [0, 0.05) is 51.4 Å². The fourth-order valence-corrected chi connectivity index (χ4v) is 3.67. The molecule has 0 aromatic heterocycles. The van der Waals surface area contributed by atoms with E-state index < -0.39 is 0 Å². The summed E-state index contributed by atoms with van der Waals surface area (Å²) in [6.45, 7) is 7.76. The summed E-state index contributed by atoms with van der Waals surface area (Å²) in [6.07, 6.45) is 4.32. The Morgan fingerprint density at radius 2 is 2.08 bits per heavy atom. The molecule has 1 aliphatic heterocycles. The lowest BCUT2D eigenvalue weighted by atomic mass is 9.73. The maximum Gasteiger partial charge on any atom is 0.193 e. The SMILES string of the molecule is CCCCN(C)C(=NC)NCC1(c2cc(C)ccc2OC)CCOCC1. The van der Waals surface area contributed by atoms with Gasteiger partial charge in [-0.15, -0.1) is 0 Å². The van der Waals surface area contributed by atoms with Crippen molar-refractivity contribution in [3.05, 3.63) is 29.3 Å². The number of hydrogen-bond acceptors (Lipinski definition) is 3. The lowest BCUT2D eigenvalue weighted by Gasteiger charge is -2.39. The van der Waals surface area contributed by atoms with E-state index in [1.165, 1.54) is 24.0 Å². The van der Waals surface area contributed by atoms with Gasteiger partial charge in [0.05, 0.1) is 7.11 Å². The molecule has 26 heavy (non-hydrogen) atoms. The third kappa shape index (κ3) is 4.91. The van der Waals surface area contributed by atoms with Crippen LogP contribution in [0.25, 0.3) is 0 Å². The van der Waals surface area contributed by atoms with Crippen molar-refractivity contribution < 1.29 is 9.47 Å². The van der Waals surface area contributed by atoms with E-state index in [9.17, 15) is 0 Å². The van der Waals surface area contributed by atoms with Crippen LogP contribution in [0.4, 0.5) is 0 Å². The smallest absolute Gasteiger partial charge is 0.193 e.